The summed E-state index contributed by atoms with van der Waals surface area (Å²) in [5.41, 5.74) is 11.4. The summed E-state index contributed by atoms with van der Waals surface area (Å²) >= 11 is 0. The van der Waals surface area contributed by atoms with Crippen molar-refractivity contribution in [2.45, 2.75) is 140 Å². The molecule has 19 heteroatoms. The average Bonchev–Trinajstić information content (AvgIpc) is 1.64. The molecule has 10 aromatic rings. The van der Waals surface area contributed by atoms with E-state index in [0.29, 0.717) is 64.2 Å². The number of hydrogen-bond acceptors (Lipinski definition) is 16. The highest BCUT2D eigenvalue weighted by atomic mass is 16.5. The fourth-order valence-corrected chi connectivity index (χ4v) is 11.2. The van der Waals surface area contributed by atoms with Crippen molar-refractivity contribution < 1.29 is 48.1 Å². The number of nitrogens with one attached hydrogen (secondary N) is 3. The van der Waals surface area contributed by atoms with Crippen molar-refractivity contribution in [3.63, 3.8) is 0 Å². The van der Waals surface area contributed by atoms with Crippen LogP contribution in [0.4, 0.5) is 0 Å². The number of para-hydroxylation sites is 2. The molecule has 0 radical (unpaired) electrons. The highest BCUT2D eigenvalue weighted by Gasteiger charge is 2.17. The van der Waals surface area contributed by atoms with Gasteiger partial charge in [-0.2, -0.15) is 15.3 Å². The molecule has 1 unspecified atom stereocenters. The third-order valence-electron chi connectivity index (χ3n) is 16.8. The lowest BCUT2D eigenvalue weighted by Crippen LogP contribution is -2.22. The fraction of sp³-hybridized carbons (Fsp3) is 0.414. The molecule has 3 aromatic heterocycles. The topological polar surface area (TPSA) is 210 Å². The number of rotatable bonds is 43. The van der Waals surface area contributed by atoms with Crippen molar-refractivity contribution in [2.75, 3.05) is 93.6 Å². The van der Waals surface area contributed by atoms with Crippen LogP contribution in [0.3, 0.4) is 0 Å². The van der Waals surface area contributed by atoms with E-state index in [1.54, 1.807) is 6.07 Å². The maximum atomic E-state index is 9.39. The number of H-pyrrole nitrogens is 3. The van der Waals surface area contributed by atoms with Crippen LogP contribution >= 0.6 is 0 Å². The lowest BCUT2D eigenvalue weighted by atomic mass is 9.98. The highest BCUT2D eigenvalue weighted by molar-refractivity contribution is 5.65. The van der Waals surface area contributed by atoms with E-state index >= 15 is 0 Å². The van der Waals surface area contributed by atoms with E-state index in [9.17, 15) is 5.11 Å². The van der Waals surface area contributed by atoms with Crippen LogP contribution in [-0.4, -0.2) is 161 Å². The largest absolute Gasteiger partial charge is 0.493 e. The molecule has 0 fully saturated rings. The van der Waals surface area contributed by atoms with E-state index in [0.717, 1.165) is 114 Å². The Morgan fingerprint density at radius 2 is 0.726 bits per heavy atom. The van der Waals surface area contributed by atoms with Crippen LogP contribution in [0.1, 0.15) is 124 Å². The lowest BCUT2D eigenvalue weighted by Gasteiger charge is -2.19. The highest BCUT2D eigenvalue weighted by Crippen LogP contribution is 2.29. The molecular formula is C87H121N9O10. The minimum absolute atomic E-state index is 0. The minimum Gasteiger partial charge on any atom is -0.493 e. The first-order chi connectivity index (χ1) is 50.3. The zero-order chi connectivity index (χ0) is 72.6. The summed E-state index contributed by atoms with van der Waals surface area (Å²) in [5.74, 6) is 6.55. The standard InChI is InChI=1S/C31H37N3O2.C27H37N3O5.C26H35N3O3.3CH4/c1-3-4-19-34(2)22-28-21-32-33-31(28)27-17-15-25(16-18-27)20-26(23-35-29-11-7-5-8-12-29)24-36-30-13-9-6-10-14-30;1-3-4-13-30(2)19-22-18-28-29-27(22)21-8-10-24(11-9-21)34-15-16-35-26-7-5-6-25(17-26)33-14-12-23(32)20-31;1-5-6-15-29(4)19-22-18-27-28-26(22)21-7-9-23(10-8-21)30-16-17-31-24-11-13-25(14-12-24)32-20(2)3;;;/h5-18,21,26H,3-4,19-20,22-24H2,1-2H3,(H,32,33);5-11,17-18,23,31-32H,3-4,12-16,19-20H2,1-2H3,(H,28,29);7-14,18,20H,5-6,15-17,19H2,1-4H3,(H,27,28);3*1H4. The number of aromatic amines is 3. The molecule has 0 aliphatic carbocycles. The lowest BCUT2D eigenvalue weighted by molar-refractivity contribution is 0.0753. The van der Waals surface area contributed by atoms with Gasteiger partial charge in [-0.25, -0.2) is 0 Å². The van der Waals surface area contributed by atoms with Crippen LogP contribution in [0.2, 0.25) is 0 Å². The number of benzene rings is 7. The number of aromatic nitrogens is 6. The quantitative estimate of drug-likeness (QED) is 0.0225. The Kier molecular flexibility index (Phi) is 40.4. The smallest absolute Gasteiger partial charge is 0.123 e. The number of aliphatic hydroxyl groups excluding tert-OH is 2. The SMILES string of the molecule is C.C.C.CCCCN(C)Cc1cn[nH]c1-c1ccc(CC(COc2ccccc2)COc2ccccc2)cc1.CCCCN(C)Cc1cn[nH]c1-c1ccc(OCCOc2ccc(OC(C)C)cc2)cc1.CCCCN(C)Cc1cn[nH]c1-c1ccc(OCCOc2cccc(OCCC(O)CO)c2)cc1. The zero-order valence-electron chi connectivity index (χ0n) is 61.7. The third kappa shape index (κ3) is 31.2. The normalized spacial score (nSPS) is 11.2. The van der Waals surface area contributed by atoms with Gasteiger partial charge in [-0.1, -0.05) is 129 Å². The predicted molar refractivity (Wildman–Crippen MR) is 431 cm³/mol. The van der Waals surface area contributed by atoms with Gasteiger partial charge in [0.05, 0.1) is 74.3 Å². The van der Waals surface area contributed by atoms with Gasteiger partial charge in [0, 0.05) is 65.9 Å². The monoisotopic (exact) mass is 1450 g/mol. The molecule has 19 nitrogen and oxygen atoms in total. The second-order valence-corrected chi connectivity index (χ2v) is 26.1. The number of nitrogens with zero attached hydrogens (tertiary/aromatic N) is 6. The van der Waals surface area contributed by atoms with Crippen LogP contribution < -0.4 is 37.9 Å². The Labute approximate surface area is 632 Å². The molecule has 3 heterocycles. The molecule has 0 spiro atoms. The molecule has 574 valence electrons. The van der Waals surface area contributed by atoms with Gasteiger partial charge in [0.1, 0.15) is 72.4 Å². The second-order valence-electron chi connectivity index (χ2n) is 26.1. The van der Waals surface area contributed by atoms with Crippen LogP contribution in [0.25, 0.3) is 33.8 Å². The van der Waals surface area contributed by atoms with Gasteiger partial charge in [-0.05, 0) is 201 Å². The molecule has 0 bridgehead atoms. The Balaban J connectivity index is 0.000000282. The molecule has 0 aliphatic heterocycles. The van der Waals surface area contributed by atoms with Crippen LogP contribution in [0.5, 0.6) is 46.0 Å². The third-order valence-corrected chi connectivity index (χ3v) is 16.8. The first-order valence-electron chi connectivity index (χ1n) is 36.4. The Bertz CT molecular complexity index is 3810. The minimum atomic E-state index is -0.764. The van der Waals surface area contributed by atoms with E-state index in [4.69, 9.17) is 43.0 Å². The first kappa shape index (κ1) is 87.0. The summed E-state index contributed by atoms with van der Waals surface area (Å²) in [7, 11) is 6.46. The van der Waals surface area contributed by atoms with E-state index in [-0.39, 0.29) is 40.9 Å². The molecule has 10 rings (SSSR count). The summed E-state index contributed by atoms with van der Waals surface area (Å²) in [5, 5.41) is 40.5. The number of unbranched alkanes of at least 4 members (excludes halogenated alkanes) is 3. The van der Waals surface area contributed by atoms with Crippen molar-refractivity contribution >= 4 is 0 Å². The number of hydrogen-bond donors (Lipinski definition) is 5. The van der Waals surface area contributed by atoms with E-state index in [2.05, 4.69) is 124 Å². The first-order valence-corrected chi connectivity index (χ1v) is 36.4. The van der Waals surface area contributed by atoms with E-state index in [1.807, 2.05) is 172 Å². The van der Waals surface area contributed by atoms with Crippen molar-refractivity contribution in [3.05, 3.63) is 223 Å². The Hall–Kier alpha value is -9.63. The van der Waals surface area contributed by atoms with Crippen molar-refractivity contribution in [3.8, 4) is 79.8 Å². The Morgan fingerprint density at radius 1 is 0.396 bits per heavy atom. The predicted octanol–water partition coefficient (Wildman–Crippen LogP) is 18.0. The van der Waals surface area contributed by atoms with Crippen LogP contribution in [0.15, 0.2) is 201 Å². The van der Waals surface area contributed by atoms with Gasteiger partial charge in [0.2, 0.25) is 0 Å². The molecular weight excluding hydrogens is 1330 g/mol. The Morgan fingerprint density at radius 3 is 1.09 bits per heavy atom. The average molecular weight is 1450 g/mol. The summed E-state index contributed by atoms with van der Waals surface area (Å²) in [4.78, 5) is 7.01. The van der Waals surface area contributed by atoms with E-state index in [1.165, 1.54) is 60.8 Å². The molecule has 0 saturated carbocycles. The van der Waals surface area contributed by atoms with Gasteiger partial charge in [0.15, 0.2) is 0 Å². The molecule has 0 amide bonds. The van der Waals surface area contributed by atoms with Crippen LogP contribution in [0, 0.1) is 5.92 Å². The summed E-state index contributed by atoms with van der Waals surface area (Å²) in [6, 6.07) is 59.8. The van der Waals surface area contributed by atoms with Crippen LogP contribution in [-0.2, 0) is 26.1 Å². The van der Waals surface area contributed by atoms with Gasteiger partial charge in [0.25, 0.3) is 0 Å². The number of aliphatic hydroxyl groups is 2. The molecule has 0 saturated heterocycles. The molecule has 7 aromatic carbocycles. The molecule has 106 heavy (non-hydrogen) atoms. The van der Waals surface area contributed by atoms with E-state index < -0.39 is 6.10 Å². The van der Waals surface area contributed by atoms with Crippen molar-refractivity contribution in [1.82, 2.24) is 45.3 Å². The van der Waals surface area contributed by atoms with Crippen molar-refractivity contribution in [1.29, 1.82) is 0 Å². The van der Waals surface area contributed by atoms with Crippen molar-refractivity contribution in [2.24, 2.45) is 5.92 Å². The molecule has 5 N–H and O–H groups in total. The summed E-state index contributed by atoms with van der Waals surface area (Å²) < 4.78 is 46.6. The maximum Gasteiger partial charge on any atom is 0.123 e. The number of ether oxygens (including phenoxy) is 8. The summed E-state index contributed by atoms with van der Waals surface area (Å²) in [6.45, 7) is 19.5. The maximum absolute atomic E-state index is 9.39. The van der Waals surface area contributed by atoms with Gasteiger partial charge in [-0.15, -0.1) is 0 Å². The van der Waals surface area contributed by atoms with Gasteiger partial charge in [-0.3, -0.25) is 15.3 Å². The molecule has 0 aliphatic rings. The summed E-state index contributed by atoms with van der Waals surface area (Å²) in [6.07, 6.45) is 13.6. The molecule has 1 atom stereocenters. The second kappa shape index (κ2) is 49.2. The fourth-order valence-electron chi connectivity index (χ4n) is 11.2. The zero-order valence-corrected chi connectivity index (χ0v) is 61.7. The van der Waals surface area contributed by atoms with Gasteiger partial charge < -0.3 is 62.8 Å². The van der Waals surface area contributed by atoms with Gasteiger partial charge >= 0.3 is 0 Å².